The summed E-state index contributed by atoms with van der Waals surface area (Å²) in [6.07, 6.45) is 9.15. The van der Waals surface area contributed by atoms with Crippen molar-refractivity contribution in [2.45, 2.75) is 23.1 Å². The zero-order valence-corrected chi connectivity index (χ0v) is 22.5. The van der Waals surface area contributed by atoms with E-state index in [1.54, 1.807) is 48.9 Å². The Kier molecular flexibility index (Phi) is 9.48. The van der Waals surface area contributed by atoms with E-state index in [2.05, 4.69) is 25.6 Å². The van der Waals surface area contributed by atoms with Gasteiger partial charge in [0.25, 0.3) is 11.8 Å². The van der Waals surface area contributed by atoms with Crippen LogP contribution < -0.4 is 10.6 Å². The van der Waals surface area contributed by atoms with E-state index in [1.165, 1.54) is 30.4 Å². The molecule has 0 spiro atoms. The topological polar surface area (TPSA) is 134 Å². The van der Waals surface area contributed by atoms with Crippen LogP contribution in [-0.2, 0) is 17.0 Å². The van der Waals surface area contributed by atoms with E-state index in [1.807, 2.05) is 12.1 Å². The highest BCUT2D eigenvalue weighted by atomic mass is 35.5. The summed E-state index contributed by atoms with van der Waals surface area (Å²) in [5, 5.41) is 15.3. The number of carbonyl (C=O) groups is 3. The summed E-state index contributed by atoms with van der Waals surface area (Å²) in [4.78, 5) is 50.2. The molecule has 2 amide bonds. The smallest absolute Gasteiger partial charge is 0.326 e. The lowest BCUT2D eigenvalue weighted by Gasteiger charge is -2.16. The number of carboxylic acid groups (broad SMARTS) is 1. The summed E-state index contributed by atoms with van der Waals surface area (Å²) in [5.41, 5.74) is 2.50. The number of nitrogens with one attached hydrogen (secondary N) is 2. The Balaban J connectivity index is 1.40. The molecule has 9 nitrogen and oxygen atoms in total. The number of halogens is 2. The van der Waals surface area contributed by atoms with Crippen molar-refractivity contribution in [3.8, 4) is 0 Å². The van der Waals surface area contributed by atoms with Crippen LogP contribution in [0.5, 0.6) is 0 Å². The second-order valence-corrected chi connectivity index (χ2v) is 10.1. The van der Waals surface area contributed by atoms with Gasteiger partial charge in [0.2, 0.25) is 0 Å². The molecule has 0 fully saturated rings. The maximum atomic E-state index is 13.0. The first-order chi connectivity index (χ1) is 18.8. The van der Waals surface area contributed by atoms with Crippen LogP contribution in [0.4, 0.5) is 5.69 Å². The predicted molar refractivity (Wildman–Crippen MR) is 149 cm³/mol. The van der Waals surface area contributed by atoms with E-state index in [9.17, 15) is 19.5 Å². The Morgan fingerprint density at radius 2 is 1.56 bits per heavy atom. The number of anilines is 1. The predicted octanol–water partition coefficient (Wildman–Crippen LogP) is 5.15. The van der Waals surface area contributed by atoms with Gasteiger partial charge in [-0.15, -0.1) is 11.8 Å². The molecule has 0 unspecified atom stereocenters. The van der Waals surface area contributed by atoms with Crippen LogP contribution in [0, 0.1) is 0 Å². The fourth-order valence-corrected chi connectivity index (χ4v) is 5.03. The van der Waals surface area contributed by atoms with Crippen LogP contribution in [-0.4, -0.2) is 43.9 Å². The molecule has 3 N–H and O–H groups in total. The van der Waals surface area contributed by atoms with Crippen LogP contribution in [0.1, 0.15) is 31.8 Å². The molecule has 0 bridgehead atoms. The maximum absolute atomic E-state index is 13.0. The van der Waals surface area contributed by atoms with Crippen molar-refractivity contribution in [3.63, 3.8) is 0 Å². The SMILES string of the molecule is O=C(N[C@@H](Cc1ccc(NC(=O)c2c(Cl)cncc2Cl)cc1)C(=O)O)c1ccncc1SCc1cccnc1. The van der Waals surface area contributed by atoms with Crippen LogP contribution in [0.2, 0.25) is 10.0 Å². The Hall–Kier alpha value is -3.99. The number of pyridine rings is 3. The fourth-order valence-electron chi connectivity index (χ4n) is 3.54. The number of rotatable bonds is 10. The molecule has 0 aliphatic rings. The molecule has 1 aromatic carbocycles. The van der Waals surface area contributed by atoms with E-state index < -0.39 is 23.8 Å². The minimum Gasteiger partial charge on any atom is -0.480 e. The maximum Gasteiger partial charge on any atom is 0.326 e. The average molecular weight is 582 g/mol. The van der Waals surface area contributed by atoms with Crippen molar-refractivity contribution < 1.29 is 19.5 Å². The zero-order valence-electron chi connectivity index (χ0n) is 20.2. The van der Waals surface area contributed by atoms with Crippen LogP contribution >= 0.6 is 35.0 Å². The summed E-state index contributed by atoms with van der Waals surface area (Å²) in [6, 6.07) is 10.7. The van der Waals surface area contributed by atoms with Gasteiger partial charge in [0.1, 0.15) is 6.04 Å². The fraction of sp³-hybridized carbons (Fsp3) is 0.111. The van der Waals surface area contributed by atoms with Gasteiger partial charge < -0.3 is 15.7 Å². The molecule has 0 aliphatic heterocycles. The van der Waals surface area contributed by atoms with Gasteiger partial charge in [-0.3, -0.25) is 24.5 Å². The summed E-state index contributed by atoms with van der Waals surface area (Å²) in [6.45, 7) is 0. The van der Waals surface area contributed by atoms with E-state index in [-0.39, 0.29) is 22.0 Å². The Morgan fingerprint density at radius 1 is 0.846 bits per heavy atom. The summed E-state index contributed by atoms with van der Waals surface area (Å²) >= 11 is 13.5. The van der Waals surface area contributed by atoms with Crippen molar-refractivity contribution >= 4 is 58.4 Å². The number of hydrogen-bond donors (Lipinski definition) is 3. The Bertz CT molecular complexity index is 1470. The molecule has 0 radical (unpaired) electrons. The van der Waals surface area contributed by atoms with Gasteiger partial charge in [0.15, 0.2) is 0 Å². The molecule has 0 saturated heterocycles. The molecule has 3 heterocycles. The third-order valence-corrected chi connectivity index (χ3v) is 7.17. The third kappa shape index (κ3) is 7.53. The van der Waals surface area contributed by atoms with Gasteiger partial charge in [-0.2, -0.15) is 0 Å². The average Bonchev–Trinajstić information content (AvgIpc) is 2.93. The molecule has 1 atom stereocenters. The minimum absolute atomic E-state index is 0.0283. The molecular weight excluding hydrogens is 561 g/mol. The standard InChI is InChI=1S/C27H21Cl2N5O4S/c28-20-12-32-13-21(29)24(20)26(36)33-18-5-3-16(4-6-18)10-22(27(37)38)34-25(35)19-7-9-31-14-23(19)39-15-17-2-1-8-30-11-17/h1-9,11-14,22H,10,15H2,(H,33,36)(H,34,35)(H,37,38)/t22-/m0/s1. The van der Waals surface area contributed by atoms with Crippen molar-refractivity contribution in [3.05, 3.63) is 112 Å². The van der Waals surface area contributed by atoms with Crippen molar-refractivity contribution in [1.29, 1.82) is 0 Å². The Morgan fingerprint density at radius 3 is 2.23 bits per heavy atom. The largest absolute Gasteiger partial charge is 0.480 e. The van der Waals surface area contributed by atoms with E-state index in [0.717, 1.165) is 5.56 Å². The monoisotopic (exact) mass is 581 g/mol. The van der Waals surface area contributed by atoms with Crippen molar-refractivity contribution in [2.24, 2.45) is 0 Å². The van der Waals surface area contributed by atoms with E-state index in [4.69, 9.17) is 23.2 Å². The number of aromatic nitrogens is 3. The van der Waals surface area contributed by atoms with Gasteiger partial charge in [-0.05, 0) is 35.4 Å². The van der Waals surface area contributed by atoms with Gasteiger partial charge in [-0.1, -0.05) is 41.4 Å². The number of aliphatic carboxylic acids is 1. The molecule has 198 valence electrons. The van der Waals surface area contributed by atoms with Gasteiger partial charge in [0.05, 0.1) is 21.2 Å². The summed E-state index contributed by atoms with van der Waals surface area (Å²) in [7, 11) is 0. The molecule has 39 heavy (non-hydrogen) atoms. The van der Waals surface area contributed by atoms with E-state index >= 15 is 0 Å². The number of carbonyl (C=O) groups excluding carboxylic acids is 2. The number of nitrogens with zero attached hydrogens (tertiary/aromatic N) is 3. The molecule has 4 rings (SSSR count). The van der Waals surface area contributed by atoms with E-state index in [0.29, 0.717) is 27.5 Å². The number of carboxylic acids is 1. The van der Waals surface area contributed by atoms with Crippen LogP contribution in [0.15, 0.2) is 84.5 Å². The zero-order chi connectivity index (χ0) is 27.8. The number of benzene rings is 1. The molecule has 12 heteroatoms. The lowest BCUT2D eigenvalue weighted by atomic mass is 10.0. The second-order valence-electron chi connectivity index (χ2n) is 8.22. The molecular formula is C27H21Cl2N5O4S. The number of hydrogen-bond acceptors (Lipinski definition) is 7. The Labute approximate surface area is 238 Å². The number of thioether (sulfide) groups is 1. The first kappa shape index (κ1) is 28.0. The normalized spacial score (nSPS) is 11.4. The van der Waals surface area contributed by atoms with Gasteiger partial charge >= 0.3 is 5.97 Å². The number of amides is 2. The molecule has 0 aliphatic carbocycles. The lowest BCUT2D eigenvalue weighted by Crippen LogP contribution is -2.42. The first-order valence-electron chi connectivity index (χ1n) is 11.5. The highest BCUT2D eigenvalue weighted by Gasteiger charge is 2.23. The highest BCUT2D eigenvalue weighted by Crippen LogP contribution is 2.26. The lowest BCUT2D eigenvalue weighted by molar-refractivity contribution is -0.139. The van der Waals surface area contributed by atoms with Gasteiger partial charge in [-0.25, -0.2) is 4.79 Å². The highest BCUT2D eigenvalue weighted by molar-refractivity contribution is 7.98. The molecule has 0 saturated carbocycles. The first-order valence-corrected chi connectivity index (χ1v) is 13.2. The van der Waals surface area contributed by atoms with Crippen LogP contribution in [0.3, 0.4) is 0 Å². The third-order valence-electron chi connectivity index (χ3n) is 5.48. The molecule has 4 aromatic rings. The van der Waals surface area contributed by atoms with Crippen molar-refractivity contribution in [1.82, 2.24) is 20.3 Å². The minimum atomic E-state index is -1.18. The second kappa shape index (κ2) is 13.2. The van der Waals surface area contributed by atoms with Crippen molar-refractivity contribution in [2.75, 3.05) is 5.32 Å². The molecule has 3 aromatic heterocycles. The van der Waals surface area contributed by atoms with Crippen LogP contribution in [0.25, 0.3) is 0 Å². The quantitative estimate of drug-likeness (QED) is 0.219. The van der Waals surface area contributed by atoms with Gasteiger partial charge in [0, 0.05) is 59.9 Å². The summed E-state index contributed by atoms with van der Waals surface area (Å²) in [5.74, 6) is -1.63. The summed E-state index contributed by atoms with van der Waals surface area (Å²) < 4.78 is 0.